The molecule has 0 fully saturated rings. The van der Waals surface area contributed by atoms with Crippen LogP contribution in [0.1, 0.15) is 31.4 Å². The van der Waals surface area contributed by atoms with Gasteiger partial charge in [-0.25, -0.2) is 8.42 Å². The van der Waals surface area contributed by atoms with Gasteiger partial charge in [-0.3, -0.25) is 0 Å². The van der Waals surface area contributed by atoms with E-state index < -0.39 is 9.84 Å². The summed E-state index contributed by atoms with van der Waals surface area (Å²) in [7, 11) is 0.547. The van der Waals surface area contributed by atoms with Crippen LogP contribution in [0, 0.1) is 0 Å². The van der Waals surface area contributed by atoms with Crippen LogP contribution < -0.4 is 10.1 Å². The Kier molecular flexibility index (Phi) is 6.79. The lowest BCUT2D eigenvalue weighted by atomic mass is 10.0. The molecule has 4 nitrogen and oxygen atoms in total. The lowest BCUT2D eigenvalue weighted by molar-refractivity contribution is 0.398. The summed E-state index contributed by atoms with van der Waals surface area (Å²) in [6.07, 6.45) is 1.35. The van der Waals surface area contributed by atoms with Gasteiger partial charge in [-0.1, -0.05) is 24.6 Å². The first-order chi connectivity index (χ1) is 9.43. The molecule has 0 aromatic heterocycles. The largest absolute Gasteiger partial charge is 0.496 e. The molecule has 20 heavy (non-hydrogen) atoms. The fourth-order valence-electron chi connectivity index (χ4n) is 2.08. The van der Waals surface area contributed by atoms with Crippen molar-refractivity contribution in [2.45, 2.75) is 25.8 Å². The Morgan fingerprint density at radius 1 is 1.40 bits per heavy atom. The first-order valence-electron chi connectivity index (χ1n) is 6.64. The first kappa shape index (κ1) is 17.3. The van der Waals surface area contributed by atoms with Gasteiger partial charge in [0.05, 0.1) is 12.9 Å². The van der Waals surface area contributed by atoms with Gasteiger partial charge in [0, 0.05) is 22.4 Å². The molecule has 0 saturated heterocycles. The van der Waals surface area contributed by atoms with Crippen molar-refractivity contribution < 1.29 is 13.2 Å². The van der Waals surface area contributed by atoms with Crippen molar-refractivity contribution >= 4 is 21.4 Å². The first-order valence-corrected chi connectivity index (χ1v) is 8.84. The number of sulfone groups is 1. The molecular formula is C14H22ClNO3S. The van der Waals surface area contributed by atoms with E-state index in [1.54, 1.807) is 20.1 Å². The Morgan fingerprint density at radius 2 is 2.10 bits per heavy atom. The SMILES string of the molecule is CCS(=O)(=O)CCCC(NC)c1ccc(Cl)cc1OC. The number of halogens is 1. The summed E-state index contributed by atoms with van der Waals surface area (Å²) in [4.78, 5) is 0. The van der Waals surface area contributed by atoms with E-state index in [4.69, 9.17) is 16.3 Å². The van der Waals surface area contributed by atoms with E-state index in [9.17, 15) is 8.42 Å². The van der Waals surface area contributed by atoms with Crippen LogP contribution in [0.3, 0.4) is 0 Å². The maximum atomic E-state index is 11.5. The Bertz CT molecular complexity index is 531. The smallest absolute Gasteiger partial charge is 0.150 e. The van der Waals surface area contributed by atoms with Gasteiger partial charge in [-0.2, -0.15) is 0 Å². The van der Waals surface area contributed by atoms with Gasteiger partial charge < -0.3 is 10.1 Å². The third-order valence-electron chi connectivity index (χ3n) is 3.31. The zero-order valence-corrected chi connectivity index (χ0v) is 13.7. The Morgan fingerprint density at radius 3 is 2.65 bits per heavy atom. The third-order valence-corrected chi connectivity index (χ3v) is 5.33. The number of benzene rings is 1. The summed E-state index contributed by atoms with van der Waals surface area (Å²) in [5.74, 6) is 1.13. The van der Waals surface area contributed by atoms with E-state index in [0.717, 1.165) is 17.7 Å². The highest BCUT2D eigenvalue weighted by atomic mass is 35.5. The van der Waals surface area contributed by atoms with E-state index in [1.807, 2.05) is 19.2 Å². The molecule has 0 saturated carbocycles. The predicted molar refractivity (Wildman–Crippen MR) is 83.4 cm³/mol. The van der Waals surface area contributed by atoms with Crippen molar-refractivity contribution in [2.24, 2.45) is 0 Å². The normalized spacial score (nSPS) is 13.2. The number of hydrogen-bond donors (Lipinski definition) is 1. The number of ether oxygens (including phenoxy) is 1. The van der Waals surface area contributed by atoms with Crippen molar-refractivity contribution in [1.82, 2.24) is 5.32 Å². The topological polar surface area (TPSA) is 55.4 Å². The molecule has 1 atom stereocenters. The zero-order chi connectivity index (χ0) is 15.2. The second-order valence-corrected chi connectivity index (χ2v) is 7.52. The van der Waals surface area contributed by atoms with E-state index in [2.05, 4.69) is 5.32 Å². The summed E-state index contributed by atoms with van der Waals surface area (Å²) in [5.41, 5.74) is 0.994. The molecule has 1 aromatic rings. The molecule has 0 bridgehead atoms. The van der Waals surface area contributed by atoms with E-state index >= 15 is 0 Å². The van der Waals surface area contributed by atoms with Crippen LogP contribution in [-0.2, 0) is 9.84 Å². The number of nitrogens with one attached hydrogen (secondary N) is 1. The Hall–Kier alpha value is -0.780. The average Bonchev–Trinajstić information content (AvgIpc) is 2.44. The quantitative estimate of drug-likeness (QED) is 0.800. The maximum absolute atomic E-state index is 11.5. The molecule has 1 N–H and O–H groups in total. The summed E-state index contributed by atoms with van der Waals surface area (Å²) >= 11 is 5.95. The van der Waals surface area contributed by atoms with Gasteiger partial charge >= 0.3 is 0 Å². The predicted octanol–water partition coefficient (Wildman–Crippen LogP) is 2.82. The Labute approximate surface area is 126 Å². The van der Waals surface area contributed by atoms with Crippen molar-refractivity contribution in [3.05, 3.63) is 28.8 Å². The van der Waals surface area contributed by atoms with Gasteiger partial charge in [-0.15, -0.1) is 0 Å². The molecule has 114 valence electrons. The molecule has 0 heterocycles. The van der Waals surface area contributed by atoms with E-state index in [1.165, 1.54) is 0 Å². The molecular weight excluding hydrogens is 298 g/mol. The van der Waals surface area contributed by atoms with Crippen LogP contribution in [0.25, 0.3) is 0 Å². The van der Waals surface area contributed by atoms with Crippen LogP contribution in [-0.4, -0.2) is 34.1 Å². The van der Waals surface area contributed by atoms with Gasteiger partial charge in [0.2, 0.25) is 0 Å². The van der Waals surface area contributed by atoms with Gasteiger partial charge in [-0.05, 0) is 32.0 Å². The minimum absolute atomic E-state index is 0.0503. The van der Waals surface area contributed by atoms with Crippen molar-refractivity contribution in [2.75, 3.05) is 25.7 Å². The lowest BCUT2D eigenvalue weighted by Gasteiger charge is -2.19. The second-order valence-electron chi connectivity index (χ2n) is 4.61. The van der Waals surface area contributed by atoms with Crippen LogP contribution >= 0.6 is 11.6 Å². The molecule has 1 aromatic carbocycles. The molecule has 0 radical (unpaired) electrons. The van der Waals surface area contributed by atoms with Gasteiger partial charge in [0.25, 0.3) is 0 Å². The van der Waals surface area contributed by atoms with E-state index in [-0.39, 0.29) is 17.5 Å². The minimum Gasteiger partial charge on any atom is -0.496 e. The lowest BCUT2D eigenvalue weighted by Crippen LogP contribution is -2.19. The second kappa shape index (κ2) is 7.86. The minimum atomic E-state index is -2.91. The van der Waals surface area contributed by atoms with Crippen molar-refractivity contribution in [3.8, 4) is 5.75 Å². The number of rotatable bonds is 8. The zero-order valence-electron chi connectivity index (χ0n) is 12.1. The van der Waals surface area contributed by atoms with Crippen molar-refractivity contribution in [1.29, 1.82) is 0 Å². The molecule has 0 aliphatic heterocycles. The molecule has 6 heteroatoms. The highest BCUT2D eigenvalue weighted by Crippen LogP contribution is 2.30. The standard InChI is InChI=1S/C14H22ClNO3S/c1-4-20(17,18)9-5-6-13(16-2)12-8-7-11(15)10-14(12)19-3/h7-8,10,13,16H,4-6,9H2,1-3H3. The molecule has 0 amide bonds. The van der Waals surface area contributed by atoms with Crippen LogP contribution in [0.4, 0.5) is 0 Å². The maximum Gasteiger partial charge on any atom is 0.150 e. The fourth-order valence-corrected chi connectivity index (χ4v) is 3.14. The monoisotopic (exact) mass is 319 g/mol. The molecule has 1 unspecified atom stereocenters. The third kappa shape index (κ3) is 4.96. The summed E-state index contributed by atoms with van der Waals surface area (Å²) in [5, 5.41) is 3.82. The highest BCUT2D eigenvalue weighted by Gasteiger charge is 2.16. The van der Waals surface area contributed by atoms with E-state index in [0.29, 0.717) is 11.4 Å². The van der Waals surface area contributed by atoms with Crippen LogP contribution in [0.5, 0.6) is 5.75 Å². The van der Waals surface area contributed by atoms with Gasteiger partial charge in [0.1, 0.15) is 15.6 Å². The van der Waals surface area contributed by atoms with Crippen LogP contribution in [0.15, 0.2) is 18.2 Å². The summed E-state index contributed by atoms with van der Waals surface area (Å²) < 4.78 is 28.4. The van der Waals surface area contributed by atoms with Crippen LogP contribution in [0.2, 0.25) is 5.02 Å². The fraction of sp³-hybridized carbons (Fsp3) is 0.571. The summed E-state index contributed by atoms with van der Waals surface area (Å²) in [6, 6.07) is 5.54. The average molecular weight is 320 g/mol. The molecule has 0 spiro atoms. The van der Waals surface area contributed by atoms with Crippen molar-refractivity contribution in [3.63, 3.8) is 0 Å². The Balaban J connectivity index is 2.76. The summed E-state index contributed by atoms with van der Waals surface area (Å²) in [6.45, 7) is 1.67. The van der Waals surface area contributed by atoms with Gasteiger partial charge in [0.15, 0.2) is 0 Å². The number of hydrogen-bond acceptors (Lipinski definition) is 4. The molecule has 1 rings (SSSR count). The highest BCUT2D eigenvalue weighted by molar-refractivity contribution is 7.91. The number of methoxy groups -OCH3 is 1. The molecule has 0 aliphatic rings. The molecule has 0 aliphatic carbocycles.